The van der Waals surface area contributed by atoms with Crippen LogP contribution in [0.25, 0.3) is 0 Å². The molecule has 6 nitrogen and oxygen atoms in total. The minimum atomic E-state index is -0.210. The second-order valence-corrected chi connectivity index (χ2v) is 9.27. The number of carbonyl (C=O) groups is 1. The van der Waals surface area contributed by atoms with Gasteiger partial charge in [-0.1, -0.05) is 32.0 Å². The van der Waals surface area contributed by atoms with Crippen LogP contribution in [0, 0.1) is 24.6 Å². The highest BCUT2D eigenvalue weighted by Gasteiger charge is 2.31. The zero-order chi connectivity index (χ0) is 22.7. The van der Waals surface area contributed by atoms with Crippen molar-refractivity contribution in [2.75, 3.05) is 44.3 Å². The fourth-order valence-corrected chi connectivity index (χ4v) is 4.52. The monoisotopic (exact) mass is 440 g/mol. The molecule has 0 saturated carbocycles. The van der Waals surface area contributed by atoms with E-state index in [1.807, 2.05) is 24.0 Å². The van der Waals surface area contributed by atoms with E-state index in [0.29, 0.717) is 57.3 Å². The van der Waals surface area contributed by atoms with E-state index in [1.165, 1.54) is 6.07 Å². The molecule has 0 N–H and O–H groups in total. The van der Waals surface area contributed by atoms with Gasteiger partial charge in [-0.05, 0) is 30.9 Å². The quantitative estimate of drug-likeness (QED) is 0.689. The number of amides is 1. The topological polar surface area (TPSA) is 58.6 Å². The van der Waals surface area contributed by atoms with Gasteiger partial charge in [0.25, 0.3) is 0 Å². The number of rotatable bonds is 6. The van der Waals surface area contributed by atoms with E-state index >= 15 is 0 Å². The van der Waals surface area contributed by atoms with Crippen LogP contribution in [-0.2, 0) is 22.4 Å². The zero-order valence-corrected chi connectivity index (χ0v) is 19.3. The third-order valence-electron chi connectivity index (χ3n) is 6.32. The Morgan fingerprint density at radius 1 is 1.19 bits per heavy atom. The van der Waals surface area contributed by atoms with E-state index in [9.17, 15) is 9.18 Å². The van der Waals surface area contributed by atoms with Crippen LogP contribution in [-0.4, -0.2) is 60.2 Å². The first-order valence-corrected chi connectivity index (χ1v) is 11.6. The van der Waals surface area contributed by atoms with Crippen molar-refractivity contribution in [2.45, 2.75) is 40.0 Å². The molecule has 2 aliphatic heterocycles. The third-order valence-corrected chi connectivity index (χ3v) is 6.32. The summed E-state index contributed by atoms with van der Waals surface area (Å²) in [6.45, 7) is 10.3. The standard InChI is InChI=1S/C25H33FN4O2/c1-17(2)14-23-27-18(3)21(15-19-6-4-5-7-22(19)26)24(28-23)29-9-11-30(12-10-29)25(31)20-8-13-32-16-20/h4-7,17,20H,8-16H2,1-3H3/t20-/m1/s1. The minimum Gasteiger partial charge on any atom is -0.381 e. The molecular formula is C25H33FN4O2. The molecule has 32 heavy (non-hydrogen) atoms. The van der Waals surface area contributed by atoms with Crippen molar-refractivity contribution in [3.63, 3.8) is 0 Å². The van der Waals surface area contributed by atoms with Crippen molar-refractivity contribution < 1.29 is 13.9 Å². The summed E-state index contributed by atoms with van der Waals surface area (Å²) >= 11 is 0. The molecule has 7 heteroatoms. The summed E-state index contributed by atoms with van der Waals surface area (Å²) in [6.07, 6.45) is 2.07. The van der Waals surface area contributed by atoms with Crippen molar-refractivity contribution in [3.05, 3.63) is 52.7 Å². The lowest BCUT2D eigenvalue weighted by Gasteiger charge is -2.37. The SMILES string of the molecule is Cc1nc(CC(C)C)nc(N2CCN(C(=O)[C@@H]3CCOC3)CC2)c1Cc1ccccc1F. The second-order valence-electron chi connectivity index (χ2n) is 9.27. The van der Waals surface area contributed by atoms with Gasteiger partial charge in [-0.25, -0.2) is 14.4 Å². The molecule has 1 amide bonds. The summed E-state index contributed by atoms with van der Waals surface area (Å²) in [7, 11) is 0. The molecule has 2 aromatic rings. The Labute approximate surface area is 189 Å². The normalized spacial score (nSPS) is 19.1. The Bertz CT molecular complexity index is 951. The molecule has 0 radical (unpaired) electrons. The van der Waals surface area contributed by atoms with Gasteiger partial charge in [0, 0.05) is 56.9 Å². The van der Waals surface area contributed by atoms with E-state index < -0.39 is 0 Å². The number of benzene rings is 1. The first-order chi connectivity index (χ1) is 15.4. The van der Waals surface area contributed by atoms with E-state index in [-0.39, 0.29) is 17.6 Å². The van der Waals surface area contributed by atoms with Crippen molar-refractivity contribution >= 4 is 11.7 Å². The van der Waals surface area contributed by atoms with Gasteiger partial charge in [0.05, 0.1) is 12.5 Å². The molecule has 2 saturated heterocycles. The largest absolute Gasteiger partial charge is 0.381 e. The van der Waals surface area contributed by atoms with E-state index in [4.69, 9.17) is 14.7 Å². The number of carbonyl (C=O) groups excluding carboxylic acids is 1. The molecule has 0 unspecified atom stereocenters. The second kappa shape index (κ2) is 9.94. The van der Waals surface area contributed by atoms with Gasteiger partial charge in [-0.2, -0.15) is 0 Å². The van der Waals surface area contributed by atoms with Crippen LogP contribution < -0.4 is 4.90 Å². The molecule has 1 atom stereocenters. The Kier molecular flexibility index (Phi) is 7.04. The molecule has 4 rings (SSSR count). The number of halogens is 1. The average molecular weight is 441 g/mol. The van der Waals surface area contributed by atoms with Gasteiger partial charge in [-0.3, -0.25) is 4.79 Å². The highest BCUT2D eigenvalue weighted by Crippen LogP contribution is 2.27. The van der Waals surface area contributed by atoms with Gasteiger partial charge in [0.15, 0.2) is 0 Å². The number of hydrogen-bond donors (Lipinski definition) is 0. The molecule has 3 heterocycles. The van der Waals surface area contributed by atoms with Gasteiger partial charge >= 0.3 is 0 Å². The molecule has 2 fully saturated rings. The highest BCUT2D eigenvalue weighted by atomic mass is 19.1. The number of ether oxygens (including phenoxy) is 1. The Hall–Kier alpha value is -2.54. The Balaban J connectivity index is 1.57. The van der Waals surface area contributed by atoms with Gasteiger partial charge in [-0.15, -0.1) is 0 Å². The van der Waals surface area contributed by atoms with Crippen LogP contribution in [0.2, 0.25) is 0 Å². The number of piperazine rings is 1. The Morgan fingerprint density at radius 3 is 2.59 bits per heavy atom. The summed E-state index contributed by atoms with van der Waals surface area (Å²) < 4.78 is 19.8. The number of nitrogens with zero attached hydrogens (tertiary/aromatic N) is 4. The predicted molar refractivity (Wildman–Crippen MR) is 122 cm³/mol. The maximum Gasteiger partial charge on any atom is 0.228 e. The predicted octanol–water partition coefficient (Wildman–Crippen LogP) is 3.40. The lowest BCUT2D eigenvalue weighted by molar-refractivity contribution is -0.135. The minimum absolute atomic E-state index is 0.00268. The molecule has 0 aliphatic carbocycles. The van der Waals surface area contributed by atoms with Crippen LogP contribution in [0.15, 0.2) is 24.3 Å². The van der Waals surface area contributed by atoms with Crippen molar-refractivity contribution in [2.24, 2.45) is 11.8 Å². The number of aryl methyl sites for hydroxylation is 1. The van der Waals surface area contributed by atoms with Gasteiger partial charge < -0.3 is 14.5 Å². The molecule has 0 bridgehead atoms. The molecule has 2 aliphatic rings. The highest BCUT2D eigenvalue weighted by molar-refractivity contribution is 5.79. The van der Waals surface area contributed by atoms with E-state index in [2.05, 4.69) is 18.7 Å². The first kappa shape index (κ1) is 22.6. The molecule has 0 spiro atoms. The fraction of sp³-hybridized carbons (Fsp3) is 0.560. The van der Waals surface area contributed by atoms with Crippen molar-refractivity contribution in [1.82, 2.24) is 14.9 Å². The Morgan fingerprint density at radius 2 is 1.94 bits per heavy atom. The van der Waals surface area contributed by atoms with Gasteiger partial charge in [0.1, 0.15) is 17.5 Å². The number of aromatic nitrogens is 2. The maximum atomic E-state index is 14.4. The van der Waals surface area contributed by atoms with Crippen LogP contribution in [0.1, 0.15) is 42.9 Å². The van der Waals surface area contributed by atoms with Crippen LogP contribution in [0.4, 0.5) is 10.2 Å². The average Bonchev–Trinajstić information content (AvgIpc) is 3.31. The fourth-order valence-electron chi connectivity index (χ4n) is 4.52. The lowest BCUT2D eigenvalue weighted by atomic mass is 10.0. The molecule has 1 aromatic heterocycles. The number of anilines is 1. The maximum absolute atomic E-state index is 14.4. The van der Waals surface area contributed by atoms with Gasteiger partial charge in [0.2, 0.25) is 5.91 Å². The number of hydrogen-bond acceptors (Lipinski definition) is 5. The summed E-state index contributed by atoms with van der Waals surface area (Å²) in [6, 6.07) is 6.88. The van der Waals surface area contributed by atoms with Crippen LogP contribution >= 0.6 is 0 Å². The van der Waals surface area contributed by atoms with Crippen molar-refractivity contribution in [3.8, 4) is 0 Å². The molecule has 172 valence electrons. The van der Waals surface area contributed by atoms with Crippen molar-refractivity contribution in [1.29, 1.82) is 0 Å². The van der Waals surface area contributed by atoms with E-state index in [1.54, 1.807) is 6.07 Å². The first-order valence-electron chi connectivity index (χ1n) is 11.6. The third kappa shape index (κ3) is 5.09. The molecular weight excluding hydrogens is 407 g/mol. The van der Waals surface area contributed by atoms with Crippen LogP contribution in [0.5, 0.6) is 0 Å². The smallest absolute Gasteiger partial charge is 0.228 e. The van der Waals surface area contributed by atoms with Crippen LogP contribution in [0.3, 0.4) is 0 Å². The zero-order valence-electron chi connectivity index (χ0n) is 19.3. The summed E-state index contributed by atoms with van der Waals surface area (Å²) in [4.78, 5) is 26.7. The summed E-state index contributed by atoms with van der Waals surface area (Å²) in [5.74, 6) is 2.14. The lowest BCUT2D eigenvalue weighted by Crippen LogP contribution is -2.51. The summed E-state index contributed by atoms with van der Waals surface area (Å²) in [5, 5.41) is 0. The molecule has 1 aromatic carbocycles. The summed E-state index contributed by atoms with van der Waals surface area (Å²) in [5.41, 5.74) is 2.51. The van der Waals surface area contributed by atoms with E-state index in [0.717, 1.165) is 35.7 Å².